The normalized spacial score (nSPS) is 19.1. The summed E-state index contributed by atoms with van der Waals surface area (Å²) in [5, 5.41) is 7.06. The molecule has 0 aliphatic carbocycles. The van der Waals surface area contributed by atoms with E-state index >= 15 is 0 Å². The lowest BCUT2D eigenvalue weighted by Gasteiger charge is -2.38. The van der Waals surface area contributed by atoms with Gasteiger partial charge in [-0.05, 0) is 60.2 Å². The average molecular weight is 416 g/mol. The number of nitrogens with zero attached hydrogens (tertiary/aromatic N) is 2. The second-order valence-electron chi connectivity index (χ2n) is 7.50. The van der Waals surface area contributed by atoms with Crippen molar-refractivity contribution in [3.63, 3.8) is 0 Å². The first-order valence-corrected chi connectivity index (χ1v) is 10.2. The highest BCUT2D eigenvalue weighted by Gasteiger charge is 2.42. The second kappa shape index (κ2) is 7.87. The number of para-hydroxylation sites is 1. The molecule has 3 aromatic rings. The van der Waals surface area contributed by atoms with Crippen LogP contribution in [0, 0.1) is 0 Å². The first-order valence-electron chi connectivity index (χ1n) is 10.2. The molecule has 0 bridgehead atoms. The monoisotopic (exact) mass is 416 g/mol. The molecule has 5 rings (SSSR count). The Morgan fingerprint density at radius 3 is 2.16 bits per heavy atom. The first-order chi connectivity index (χ1) is 15.2. The van der Waals surface area contributed by atoms with Crippen LogP contribution in [-0.2, 0) is 0 Å². The van der Waals surface area contributed by atoms with Gasteiger partial charge < -0.3 is 18.9 Å². The zero-order valence-corrected chi connectivity index (χ0v) is 17.7. The van der Waals surface area contributed by atoms with Gasteiger partial charge in [-0.2, -0.15) is 5.10 Å². The van der Waals surface area contributed by atoms with Gasteiger partial charge in [0, 0.05) is 17.5 Å². The molecule has 3 aromatic carbocycles. The molecule has 0 spiro atoms. The zero-order chi connectivity index (χ0) is 21.4. The van der Waals surface area contributed by atoms with Crippen molar-refractivity contribution in [2.24, 2.45) is 5.10 Å². The highest BCUT2D eigenvalue weighted by Crippen LogP contribution is 2.50. The summed E-state index contributed by atoms with van der Waals surface area (Å²) in [4.78, 5) is 0. The standard InChI is InChI=1S/C25H24N2O4/c1-28-18-11-7-16(8-12-18)21-15-22-20-5-4-6-23(30-3)24(20)31-25(27(22)26-21)17-9-13-19(29-2)14-10-17/h4-14,22,25H,15H2,1-3H3/t22-,25+/m1/s1. The van der Waals surface area contributed by atoms with Gasteiger partial charge >= 0.3 is 0 Å². The van der Waals surface area contributed by atoms with Gasteiger partial charge in [0.2, 0.25) is 6.23 Å². The van der Waals surface area contributed by atoms with Gasteiger partial charge in [0.25, 0.3) is 0 Å². The Hall–Kier alpha value is -3.67. The largest absolute Gasteiger partial charge is 0.497 e. The number of hydrogen-bond acceptors (Lipinski definition) is 6. The van der Waals surface area contributed by atoms with Crippen molar-refractivity contribution in [3.8, 4) is 23.0 Å². The Kier molecular flexibility index (Phi) is 4.90. The lowest BCUT2D eigenvalue weighted by Crippen LogP contribution is -2.33. The van der Waals surface area contributed by atoms with Crippen LogP contribution in [0.5, 0.6) is 23.0 Å². The van der Waals surface area contributed by atoms with E-state index in [0.717, 1.165) is 51.8 Å². The lowest BCUT2D eigenvalue weighted by molar-refractivity contribution is -0.0209. The SMILES string of the molecule is COc1ccc(C2=NN3[C@H](C2)c2cccc(OC)c2O[C@H]3c2ccc(OC)cc2)cc1. The summed E-state index contributed by atoms with van der Waals surface area (Å²) in [6.45, 7) is 0. The van der Waals surface area contributed by atoms with Crippen LogP contribution in [0.15, 0.2) is 71.8 Å². The highest BCUT2D eigenvalue weighted by atomic mass is 16.5. The maximum Gasteiger partial charge on any atom is 0.214 e. The third-order valence-electron chi connectivity index (χ3n) is 5.82. The number of hydrogen-bond donors (Lipinski definition) is 0. The average Bonchev–Trinajstić information content (AvgIpc) is 3.29. The quantitative estimate of drug-likeness (QED) is 0.589. The zero-order valence-electron chi connectivity index (χ0n) is 17.7. The molecule has 6 nitrogen and oxygen atoms in total. The van der Waals surface area contributed by atoms with Crippen molar-refractivity contribution < 1.29 is 18.9 Å². The van der Waals surface area contributed by atoms with E-state index in [1.807, 2.05) is 60.7 Å². The van der Waals surface area contributed by atoms with Crippen molar-refractivity contribution in [3.05, 3.63) is 83.4 Å². The fourth-order valence-electron chi connectivity index (χ4n) is 4.19. The number of hydrazone groups is 1. The molecular formula is C25H24N2O4. The van der Waals surface area contributed by atoms with E-state index in [0.29, 0.717) is 0 Å². The number of benzene rings is 3. The summed E-state index contributed by atoms with van der Waals surface area (Å²) >= 11 is 0. The number of methoxy groups -OCH3 is 3. The maximum absolute atomic E-state index is 6.48. The second-order valence-corrected chi connectivity index (χ2v) is 7.50. The summed E-state index contributed by atoms with van der Waals surface area (Å²) in [5.74, 6) is 3.14. The molecule has 0 radical (unpaired) electrons. The van der Waals surface area contributed by atoms with Crippen LogP contribution in [0.25, 0.3) is 0 Å². The van der Waals surface area contributed by atoms with Crippen molar-refractivity contribution >= 4 is 5.71 Å². The van der Waals surface area contributed by atoms with Crippen LogP contribution in [0.2, 0.25) is 0 Å². The summed E-state index contributed by atoms with van der Waals surface area (Å²) in [5.41, 5.74) is 4.18. The van der Waals surface area contributed by atoms with E-state index in [-0.39, 0.29) is 12.3 Å². The molecule has 0 unspecified atom stereocenters. The predicted octanol–water partition coefficient (Wildman–Crippen LogP) is 4.95. The minimum atomic E-state index is -0.365. The minimum Gasteiger partial charge on any atom is -0.497 e. The van der Waals surface area contributed by atoms with Crippen molar-refractivity contribution in [2.75, 3.05) is 21.3 Å². The van der Waals surface area contributed by atoms with Gasteiger partial charge in [-0.1, -0.05) is 12.1 Å². The van der Waals surface area contributed by atoms with Crippen molar-refractivity contribution in [1.82, 2.24) is 5.01 Å². The number of rotatable bonds is 5. The summed E-state index contributed by atoms with van der Waals surface area (Å²) < 4.78 is 22.7. The molecule has 6 heteroatoms. The Labute approximate surface area is 181 Å². The smallest absolute Gasteiger partial charge is 0.214 e. The van der Waals surface area contributed by atoms with Gasteiger partial charge in [0.1, 0.15) is 11.5 Å². The molecule has 2 aliphatic rings. The highest BCUT2D eigenvalue weighted by molar-refractivity contribution is 6.02. The van der Waals surface area contributed by atoms with Crippen LogP contribution < -0.4 is 18.9 Å². The molecule has 0 aromatic heterocycles. The maximum atomic E-state index is 6.48. The van der Waals surface area contributed by atoms with E-state index in [9.17, 15) is 0 Å². The molecule has 0 amide bonds. The van der Waals surface area contributed by atoms with Gasteiger partial charge in [-0.15, -0.1) is 0 Å². The Bertz CT molecular complexity index is 1110. The molecular weight excluding hydrogens is 392 g/mol. The van der Waals surface area contributed by atoms with E-state index < -0.39 is 0 Å². The van der Waals surface area contributed by atoms with E-state index in [1.54, 1.807) is 21.3 Å². The molecule has 158 valence electrons. The number of fused-ring (bicyclic) bond motifs is 3. The van der Waals surface area contributed by atoms with Crippen LogP contribution >= 0.6 is 0 Å². The third-order valence-corrected chi connectivity index (χ3v) is 5.82. The molecule has 0 saturated heterocycles. The van der Waals surface area contributed by atoms with Crippen LogP contribution in [0.3, 0.4) is 0 Å². The van der Waals surface area contributed by atoms with E-state index in [4.69, 9.17) is 24.0 Å². The summed E-state index contributed by atoms with van der Waals surface area (Å²) in [6, 6.07) is 22.0. The van der Waals surface area contributed by atoms with E-state index in [1.165, 1.54) is 0 Å². The molecule has 2 aliphatic heterocycles. The third kappa shape index (κ3) is 3.34. The Morgan fingerprint density at radius 1 is 0.839 bits per heavy atom. The summed E-state index contributed by atoms with van der Waals surface area (Å²) in [7, 11) is 5.00. The minimum absolute atomic E-state index is 0.0584. The molecule has 2 atom stereocenters. The van der Waals surface area contributed by atoms with Crippen LogP contribution in [-0.4, -0.2) is 32.0 Å². The van der Waals surface area contributed by atoms with Crippen molar-refractivity contribution in [1.29, 1.82) is 0 Å². The van der Waals surface area contributed by atoms with Gasteiger partial charge in [0.15, 0.2) is 11.5 Å². The Morgan fingerprint density at radius 2 is 1.52 bits per heavy atom. The predicted molar refractivity (Wildman–Crippen MR) is 118 cm³/mol. The number of ether oxygens (including phenoxy) is 4. The molecule has 2 heterocycles. The molecule has 0 fully saturated rings. The summed E-state index contributed by atoms with van der Waals surface area (Å²) in [6.07, 6.45) is 0.415. The topological polar surface area (TPSA) is 52.5 Å². The fraction of sp³-hybridized carbons (Fsp3) is 0.240. The Balaban J connectivity index is 1.57. The lowest BCUT2D eigenvalue weighted by atomic mass is 9.95. The van der Waals surface area contributed by atoms with Gasteiger partial charge in [-0.3, -0.25) is 0 Å². The van der Waals surface area contributed by atoms with Gasteiger partial charge in [-0.25, -0.2) is 5.01 Å². The van der Waals surface area contributed by atoms with Crippen LogP contribution in [0.1, 0.15) is 35.4 Å². The molecule has 31 heavy (non-hydrogen) atoms. The first kappa shape index (κ1) is 19.3. The van der Waals surface area contributed by atoms with Gasteiger partial charge in [0.05, 0.1) is 33.1 Å². The van der Waals surface area contributed by atoms with Crippen molar-refractivity contribution in [2.45, 2.75) is 18.7 Å². The molecule has 0 N–H and O–H groups in total. The fourth-order valence-corrected chi connectivity index (χ4v) is 4.19. The van der Waals surface area contributed by atoms with Crippen LogP contribution in [0.4, 0.5) is 0 Å². The van der Waals surface area contributed by atoms with E-state index in [2.05, 4.69) is 11.1 Å². The molecule has 0 saturated carbocycles.